The molecular weight excluding hydrogens is 316 g/mol. The Morgan fingerprint density at radius 1 is 1.04 bits per heavy atom. The molecule has 0 amide bonds. The Morgan fingerprint density at radius 3 is 2.76 bits per heavy atom. The number of nitrogens with zero attached hydrogens (tertiary/aromatic N) is 3. The van der Waals surface area contributed by atoms with Gasteiger partial charge in [0.05, 0.1) is 19.4 Å². The van der Waals surface area contributed by atoms with Crippen molar-refractivity contribution in [3.05, 3.63) is 66.4 Å². The van der Waals surface area contributed by atoms with Crippen LogP contribution in [-0.2, 0) is 22.7 Å². The van der Waals surface area contributed by atoms with E-state index in [4.69, 9.17) is 9.47 Å². The number of aromatic nitrogens is 3. The van der Waals surface area contributed by atoms with E-state index in [9.17, 15) is 0 Å². The van der Waals surface area contributed by atoms with Crippen LogP contribution < -0.4 is 5.32 Å². The van der Waals surface area contributed by atoms with Gasteiger partial charge < -0.3 is 14.8 Å². The average molecular weight is 338 g/mol. The van der Waals surface area contributed by atoms with Crippen molar-refractivity contribution in [3.8, 4) is 11.3 Å². The van der Waals surface area contributed by atoms with E-state index in [2.05, 4.69) is 33.8 Å². The van der Waals surface area contributed by atoms with Crippen LogP contribution in [0.4, 0.5) is 5.69 Å². The lowest BCUT2D eigenvalue weighted by Gasteiger charge is -2.07. The highest BCUT2D eigenvalue weighted by Gasteiger charge is 2.05. The summed E-state index contributed by atoms with van der Waals surface area (Å²) in [7, 11) is 1.65. The Balaban J connectivity index is 1.60. The molecule has 1 aromatic heterocycles. The monoisotopic (exact) mass is 338 g/mol. The fourth-order valence-corrected chi connectivity index (χ4v) is 2.38. The Morgan fingerprint density at radius 2 is 1.92 bits per heavy atom. The largest absolute Gasteiger partial charge is 0.382 e. The van der Waals surface area contributed by atoms with Crippen molar-refractivity contribution in [2.45, 2.75) is 13.3 Å². The van der Waals surface area contributed by atoms with Crippen molar-refractivity contribution in [3.63, 3.8) is 0 Å². The van der Waals surface area contributed by atoms with E-state index in [1.165, 1.54) is 5.56 Å². The first-order valence-corrected chi connectivity index (χ1v) is 8.20. The summed E-state index contributed by atoms with van der Waals surface area (Å²) in [6, 6.07) is 18.5. The van der Waals surface area contributed by atoms with Crippen LogP contribution in [0.2, 0.25) is 0 Å². The molecule has 0 saturated carbocycles. The molecule has 3 rings (SSSR count). The number of hydrogen-bond donors (Lipinski definition) is 1. The number of methoxy groups -OCH3 is 1. The third-order valence-corrected chi connectivity index (χ3v) is 3.69. The Labute approximate surface area is 147 Å². The van der Waals surface area contributed by atoms with Crippen molar-refractivity contribution in [1.82, 2.24) is 15.0 Å². The highest BCUT2D eigenvalue weighted by atomic mass is 16.5. The van der Waals surface area contributed by atoms with Crippen molar-refractivity contribution in [2.24, 2.45) is 0 Å². The normalized spacial score (nSPS) is 10.8. The molecule has 0 bridgehead atoms. The van der Waals surface area contributed by atoms with Gasteiger partial charge in [-0.05, 0) is 17.7 Å². The standard InChI is InChI=1S/C19H22N4O2/c1-24-10-11-25-15-23-14-19(21-22-23)17-8-5-9-18(12-17)20-13-16-6-3-2-4-7-16/h2-9,12,14,20H,10-11,13,15H2,1H3. The molecule has 0 atom stereocenters. The third kappa shape index (κ3) is 5.14. The number of nitrogens with one attached hydrogen (secondary N) is 1. The summed E-state index contributed by atoms with van der Waals surface area (Å²) in [6.07, 6.45) is 1.88. The number of benzene rings is 2. The zero-order chi connectivity index (χ0) is 17.3. The lowest BCUT2D eigenvalue weighted by Crippen LogP contribution is -2.07. The first-order valence-electron chi connectivity index (χ1n) is 8.20. The minimum absolute atomic E-state index is 0.363. The zero-order valence-corrected chi connectivity index (χ0v) is 14.3. The van der Waals surface area contributed by atoms with Gasteiger partial charge in [0.25, 0.3) is 0 Å². The van der Waals surface area contributed by atoms with E-state index in [0.717, 1.165) is 23.5 Å². The lowest BCUT2D eigenvalue weighted by molar-refractivity contribution is 0.0281. The zero-order valence-electron chi connectivity index (χ0n) is 14.3. The van der Waals surface area contributed by atoms with Gasteiger partial charge in [0.1, 0.15) is 12.4 Å². The van der Waals surface area contributed by atoms with Crippen LogP contribution >= 0.6 is 0 Å². The fourth-order valence-electron chi connectivity index (χ4n) is 2.38. The average Bonchev–Trinajstić information content (AvgIpc) is 3.14. The molecule has 0 aliphatic rings. The number of hydrogen-bond acceptors (Lipinski definition) is 5. The van der Waals surface area contributed by atoms with Crippen molar-refractivity contribution in [1.29, 1.82) is 0 Å². The number of ether oxygens (including phenoxy) is 2. The van der Waals surface area contributed by atoms with Crippen molar-refractivity contribution in [2.75, 3.05) is 25.6 Å². The minimum atomic E-state index is 0.363. The lowest BCUT2D eigenvalue weighted by atomic mass is 10.1. The Bertz CT molecular complexity index is 774. The molecule has 0 saturated heterocycles. The van der Waals surface area contributed by atoms with E-state index in [1.807, 2.05) is 42.6 Å². The van der Waals surface area contributed by atoms with Gasteiger partial charge in [-0.1, -0.05) is 47.7 Å². The smallest absolute Gasteiger partial charge is 0.141 e. The molecule has 6 heteroatoms. The summed E-state index contributed by atoms with van der Waals surface area (Å²) in [4.78, 5) is 0. The molecule has 25 heavy (non-hydrogen) atoms. The maximum absolute atomic E-state index is 5.44. The summed E-state index contributed by atoms with van der Waals surface area (Å²) >= 11 is 0. The van der Waals surface area contributed by atoms with Gasteiger partial charge in [-0.3, -0.25) is 0 Å². The molecule has 130 valence electrons. The number of rotatable bonds is 9. The van der Waals surface area contributed by atoms with Crippen LogP contribution in [0.3, 0.4) is 0 Å². The van der Waals surface area contributed by atoms with Crippen molar-refractivity contribution < 1.29 is 9.47 Å². The van der Waals surface area contributed by atoms with Gasteiger partial charge in [0, 0.05) is 24.9 Å². The summed E-state index contributed by atoms with van der Waals surface area (Å²) in [5.74, 6) is 0. The summed E-state index contributed by atoms with van der Waals surface area (Å²) in [5.41, 5.74) is 4.12. The van der Waals surface area contributed by atoms with Gasteiger partial charge in [0.15, 0.2) is 0 Å². The van der Waals surface area contributed by atoms with Crippen LogP contribution in [0.15, 0.2) is 60.8 Å². The van der Waals surface area contributed by atoms with E-state index >= 15 is 0 Å². The SMILES string of the molecule is COCCOCn1cc(-c2cccc(NCc3ccccc3)c2)nn1. The molecule has 1 heterocycles. The maximum Gasteiger partial charge on any atom is 0.141 e. The second-order valence-corrected chi connectivity index (χ2v) is 5.59. The molecule has 6 nitrogen and oxygen atoms in total. The number of anilines is 1. The Kier molecular flexibility index (Phi) is 6.14. The minimum Gasteiger partial charge on any atom is -0.382 e. The second kappa shape index (κ2) is 8.96. The van der Waals surface area contributed by atoms with E-state index in [-0.39, 0.29) is 0 Å². The molecule has 0 unspecified atom stereocenters. The quantitative estimate of drug-likeness (QED) is 0.607. The highest BCUT2D eigenvalue weighted by Crippen LogP contribution is 2.20. The molecule has 3 aromatic rings. The van der Waals surface area contributed by atoms with Gasteiger partial charge in [0.2, 0.25) is 0 Å². The predicted octanol–water partition coefficient (Wildman–Crippen LogP) is 3.18. The predicted molar refractivity (Wildman–Crippen MR) is 97.1 cm³/mol. The van der Waals surface area contributed by atoms with Gasteiger partial charge >= 0.3 is 0 Å². The summed E-state index contributed by atoms with van der Waals surface area (Å²) < 4.78 is 12.1. The van der Waals surface area contributed by atoms with E-state index in [0.29, 0.717) is 19.9 Å². The third-order valence-electron chi connectivity index (χ3n) is 3.69. The van der Waals surface area contributed by atoms with E-state index in [1.54, 1.807) is 11.8 Å². The van der Waals surface area contributed by atoms with Crippen LogP contribution in [-0.4, -0.2) is 35.3 Å². The molecule has 1 N–H and O–H groups in total. The first kappa shape index (κ1) is 17.1. The first-order chi connectivity index (χ1) is 12.3. The van der Waals surface area contributed by atoms with Crippen LogP contribution in [0.1, 0.15) is 5.56 Å². The van der Waals surface area contributed by atoms with Crippen LogP contribution in [0.5, 0.6) is 0 Å². The molecule has 0 radical (unpaired) electrons. The molecule has 2 aromatic carbocycles. The Hall–Kier alpha value is -2.70. The molecule has 0 spiro atoms. The van der Waals surface area contributed by atoms with E-state index < -0.39 is 0 Å². The summed E-state index contributed by atoms with van der Waals surface area (Å²) in [5, 5.41) is 11.7. The van der Waals surface area contributed by atoms with Crippen LogP contribution in [0, 0.1) is 0 Å². The van der Waals surface area contributed by atoms with Gasteiger partial charge in [-0.15, -0.1) is 5.10 Å². The molecule has 0 aliphatic carbocycles. The molecular formula is C19H22N4O2. The van der Waals surface area contributed by atoms with Crippen molar-refractivity contribution >= 4 is 5.69 Å². The topological polar surface area (TPSA) is 61.2 Å². The molecule has 0 aliphatic heterocycles. The second-order valence-electron chi connectivity index (χ2n) is 5.59. The molecule has 0 fully saturated rings. The fraction of sp³-hybridized carbons (Fsp3) is 0.263. The van der Waals surface area contributed by atoms with Gasteiger partial charge in [-0.2, -0.15) is 0 Å². The highest BCUT2D eigenvalue weighted by molar-refractivity contribution is 5.64. The summed E-state index contributed by atoms with van der Waals surface area (Å²) in [6.45, 7) is 2.24. The van der Waals surface area contributed by atoms with Gasteiger partial charge in [-0.25, -0.2) is 4.68 Å². The maximum atomic E-state index is 5.44. The van der Waals surface area contributed by atoms with Crippen LogP contribution in [0.25, 0.3) is 11.3 Å².